The van der Waals surface area contributed by atoms with Crippen molar-refractivity contribution < 1.29 is 14.3 Å². The Hall–Kier alpha value is -1.10. The first kappa shape index (κ1) is 16.9. The summed E-state index contributed by atoms with van der Waals surface area (Å²) in [5.74, 6) is 0.0269. The lowest BCUT2D eigenvalue weighted by Gasteiger charge is -2.23. The van der Waals surface area contributed by atoms with Crippen LogP contribution >= 0.6 is 0 Å². The number of hydrogen-bond acceptors (Lipinski definition) is 3. The number of amides is 2. The highest BCUT2D eigenvalue weighted by atomic mass is 16.5. The molecule has 0 aromatic carbocycles. The van der Waals surface area contributed by atoms with E-state index in [4.69, 9.17) is 4.74 Å². The molecule has 0 saturated carbocycles. The molecule has 5 heteroatoms. The van der Waals surface area contributed by atoms with Gasteiger partial charge >= 0.3 is 0 Å². The summed E-state index contributed by atoms with van der Waals surface area (Å²) in [5.41, 5.74) is -0.392. The maximum Gasteiger partial charge on any atom is 0.225 e. The summed E-state index contributed by atoms with van der Waals surface area (Å²) in [6, 6.07) is 0. The van der Waals surface area contributed by atoms with Crippen molar-refractivity contribution in [1.82, 2.24) is 10.2 Å². The molecule has 18 heavy (non-hydrogen) atoms. The molecule has 0 bridgehead atoms. The molecule has 0 saturated heterocycles. The number of hydrogen-bond donors (Lipinski definition) is 1. The Balaban J connectivity index is 3.98. The second-order valence-electron chi connectivity index (χ2n) is 5.36. The Kier molecular flexibility index (Phi) is 7.59. The molecule has 0 atom stereocenters. The average molecular weight is 258 g/mol. The SMILES string of the molecule is COCCCN(CCNC(=O)C(C)(C)C)C(C)=O. The number of nitrogens with one attached hydrogen (secondary N) is 1. The molecule has 0 aromatic heterocycles. The molecule has 106 valence electrons. The molecule has 0 aliphatic rings. The third-order valence-electron chi connectivity index (χ3n) is 2.57. The first-order chi connectivity index (χ1) is 8.29. The molecule has 1 N–H and O–H groups in total. The lowest BCUT2D eigenvalue weighted by Crippen LogP contribution is -2.41. The van der Waals surface area contributed by atoms with E-state index in [-0.39, 0.29) is 11.8 Å². The van der Waals surface area contributed by atoms with Gasteiger partial charge in [-0.3, -0.25) is 9.59 Å². The van der Waals surface area contributed by atoms with Gasteiger partial charge in [-0.05, 0) is 6.42 Å². The fraction of sp³-hybridized carbons (Fsp3) is 0.846. The molecule has 0 fully saturated rings. The summed E-state index contributed by atoms with van der Waals surface area (Å²) in [6.07, 6.45) is 0.809. The number of carbonyl (C=O) groups is 2. The van der Waals surface area contributed by atoms with E-state index in [1.54, 1.807) is 18.9 Å². The van der Waals surface area contributed by atoms with Gasteiger partial charge in [0, 0.05) is 45.7 Å². The summed E-state index contributed by atoms with van der Waals surface area (Å²) < 4.78 is 4.95. The number of nitrogens with zero attached hydrogens (tertiary/aromatic N) is 1. The monoisotopic (exact) mass is 258 g/mol. The van der Waals surface area contributed by atoms with Crippen molar-refractivity contribution in [2.24, 2.45) is 5.41 Å². The molecular weight excluding hydrogens is 232 g/mol. The Morgan fingerprint density at radius 1 is 1.22 bits per heavy atom. The third-order valence-corrected chi connectivity index (χ3v) is 2.57. The van der Waals surface area contributed by atoms with Crippen molar-refractivity contribution in [1.29, 1.82) is 0 Å². The molecule has 5 nitrogen and oxygen atoms in total. The second-order valence-corrected chi connectivity index (χ2v) is 5.36. The number of ether oxygens (including phenoxy) is 1. The summed E-state index contributed by atoms with van der Waals surface area (Å²) in [7, 11) is 1.64. The smallest absolute Gasteiger partial charge is 0.225 e. The maximum atomic E-state index is 11.6. The largest absolute Gasteiger partial charge is 0.385 e. The van der Waals surface area contributed by atoms with Crippen LogP contribution < -0.4 is 5.32 Å². The minimum absolute atomic E-state index is 0.00268. The molecule has 0 aliphatic heterocycles. The number of carbonyl (C=O) groups excluding carboxylic acids is 2. The van der Waals surface area contributed by atoms with Crippen LogP contribution in [-0.4, -0.2) is 50.1 Å². The van der Waals surface area contributed by atoms with E-state index < -0.39 is 5.41 Å². The Bertz CT molecular complexity index is 272. The van der Waals surface area contributed by atoms with Crippen LogP contribution in [-0.2, 0) is 14.3 Å². The predicted molar refractivity (Wildman–Crippen MR) is 71.2 cm³/mol. The normalized spacial score (nSPS) is 11.2. The van der Waals surface area contributed by atoms with Crippen molar-refractivity contribution in [3.8, 4) is 0 Å². The second kappa shape index (κ2) is 8.08. The molecular formula is C13H26N2O3. The molecule has 0 aromatic rings. The summed E-state index contributed by atoms with van der Waals surface area (Å²) in [5, 5.41) is 2.83. The van der Waals surface area contributed by atoms with Gasteiger partial charge in [0.1, 0.15) is 0 Å². The fourth-order valence-electron chi connectivity index (χ4n) is 1.40. The van der Waals surface area contributed by atoms with Gasteiger partial charge in [0.15, 0.2) is 0 Å². The Morgan fingerprint density at radius 3 is 2.28 bits per heavy atom. The molecule has 0 heterocycles. The van der Waals surface area contributed by atoms with Crippen LogP contribution in [0.15, 0.2) is 0 Å². The lowest BCUT2D eigenvalue weighted by molar-refractivity contribution is -0.131. The van der Waals surface area contributed by atoms with Gasteiger partial charge in [0.05, 0.1) is 0 Å². The molecule has 0 unspecified atom stereocenters. The van der Waals surface area contributed by atoms with E-state index >= 15 is 0 Å². The van der Waals surface area contributed by atoms with Gasteiger partial charge in [-0.25, -0.2) is 0 Å². The van der Waals surface area contributed by atoms with Gasteiger partial charge in [0.2, 0.25) is 11.8 Å². The molecule has 0 spiro atoms. The van der Waals surface area contributed by atoms with Gasteiger partial charge in [-0.2, -0.15) is 0 Å². The van der Waals surface area contributed by atoms with Crippen molar-refractivity contribution in [3.05, 3.63) is 0 Å². The van der Waals surface area contributed by atoms with Gasteiger partial charge in [0.25, 0.3) is 0 Å². The van der Waals surface area contributed by atoms with Gasteiger partial charge < -0.3 is 15.0 Å². The highest BCUT2D eigenvalue weighted by Crippen LogP contribution is 2.11. The van der Waals surface area contributed by atoms with E-state index in [0.717, 1.165) is 6.42 Å². The summed E-state index contributed by atoms with van der Waals surface area (Å²) in [4.78, 5) is 24.7. The highest BCUT2D eigenvalue weighted by Gasteiger charge is 2.20. The fourth-order valence-corrected chi connectivity index (χ4v) is 1.40. The first-order valence-electron chi connectivity index (χ1n) is 6.31. The van der Waals surface area contributed by atoms with Crippen LogP contribution in [0.25, 0.3) is 0 Å². The average Bonchev–Trinajstić information content (AvgIpc) is 2.25. The predicted octanol–water partition coefficient (Wildman–Crippen LogP) is 1.03. The van der Waals surface area contributed by atoms with Crippen LogP contribution in [0.2, 0.25) is 0 Å². The molecule has 2 amide bonds. The summed E-state index contributed by atoms with van der Waals surface area (Å²) >= 11 is 0. The van der Waals surface area contributed by atoms with Crippen molar-refractivity contribution in [2.75, 3.05) is 33.4 Å². The van der Waals surface area contributed by atoms with Crippen LogP contribution in [0.1, 0.15) is 34.1 Å². The number of rotatable bonds is 7. The van der Waals surface area contributed by atoms with Crippen LogP contribution in [0.4, 0.5) is 0 Å². The standard InChI is InChI=1S/C13H26N2O3/c1-11(16)15(8-6-10-18-5)9-7-14-12(17)13(2,3)4/h6-10H2,1-5H3,(H,14,17). The molecule has 0 aliphatic carbocycles. The minimum atomic E-state index is -0.392. The van der Waals surface area contributed by atoms with Crippen LogP contribution in [0, 0.1) is 5.41 Å². The van der Waals surface area contributed by atoms with E-state index in [1.807, 2.05) is 20.8 Å². The Labute approximate surface area is 110 Å². The zero-order valence-electron chi connectivity index (χ0n) is 12.2. The van der Waals surface area contributed by atoms with Crippen LogP contribution in [0.3, 0.4) is 0 Å². The van der Waals surface area contributed by atoms with E-state index in [9.17, 15) is 9.59 Å². The highest BCUT2D eigenvalue weighted by molar-refractivity contribution is 5.81. The summed E-state index contributed by atoms with van der Waals surface area (Å²) in [6.45, 7) is 9.46. The van der Waals surface area contributed by atoms with Crippen molar-refractivity contribution in [2.45, 2.75) is 34.1 Å². The zero-order chi connectivity index (χ0) is 14.2. The number of methoxy groups -OCH3 is 1. The van der Waals surface area contributed by atoms with Crippen molar-refractivity contribution >= 4 is 11.8 Å². The lowest BCUT2D eigenvalue weighted by atomic mass is 9.96. The van der Waals surface area contributed by atoms with Crippen LogP contribution in [0.5, 0.6) is 0 Å². The third kappa shape index (κ3) is 7.27. The van der Waals surface area contributed by atoms with E-state index in [2.05, 4.69) is 5.32 Å². The van der Waals surface area contributed by atoms with Crippen molar-refractivity contribution in [3.63, 3.8) is 0 Å². The maximum absolute atomic E-state index is 11.6. The van der Waals surface area contributed by atoms with E-state index in [1.165, 1.54) is 0 Å². The molecule has 0 radical (unpaired) electrons. The zero-order valence-corrected chi connectivity index (χ0v) is 12.2. The first-order valence-corrected chi connectivity index (χ1v) is 6.31. The van der Waals surface area contributed by atoms with Gasteiger partial charge in [-0.15, -0.1) is 0 Å². The van der Waals surface area contributed by atoms with E-state index in [0.29, 0.717) is 26.2 Å². The van der Waals surface area contributed by atoms with Gasteiger partial charge in [-0.1, -0.05) is 20.8 Å². The molecule has 0 rings (SSSR count). The Morgan fingerprint density at radius 2 is 1.83 bits per heavy atom. The minimum Gasteiger partial charge on any atom is -0.385 e. The topological polar surface area (TPSA) is 58.6 Å². The quantitative estimate of drug-likeness (QED) is 0.694.